The third-order valence-corrected chi connectivity index (χ3v) is 5.24. The van der Waals surface area contributed by atoms with Gasteiger partial charge in [0.25, 0.3) is 5.92 Å². The summed E-state index contributed by atoms with van der Waals surface area (Å²) in [6, 6.07) is 1.95. The summed E-state index contributed by atoms with van der Waals surface area (Å²) in [7, 11) is 0. The van der Waals surface area contributed by atoms with Gasteiger partial charge in [0.05, 0.1) is 30.7 Å². The van der Waals surface area contributed by atoms with Crippen LogP contribution >= 0.6 is 0 Å². The van der Waals surface area contributed by atoms with Crippen LogP contribution in [0.2, 0.25) is 0 Å². The molecule has 1 aliphatic rings. The molecule has 0 saturated carbocycles. The molecule has 0 radical (unpaired) electrons. The van der Waals surface area contributed by atoms with Crippen LogP contribution in [0.5, 0.6) is 11.5 Å². The molecule has 3 N–H and O–H groups in total. The zero-order valence-corrected chi connectivity index (χ0v) is 18.9. The van der Waals surface area contributed by atoms with Crippen molar-refractivity contribution >= 4 is 28.7 Å². The maximum Gasteiger partial charge on any atom is 0.319 e. The Bertz CT molecular complexity index is 1250. The number of rotatable bonds is 6. The number of aromatic nitrogens is 2. The Morgan fingerprint density at radius 1 is 1.25 bits per heavy atom. The SMILES string of the molecule is CC(F)(F)c1c[nH]c2nccc(Oc3c(F)cc(NC(=O)NCC(=O)N4CCOCC4)cc3F)c12.F.[HH].[HH].[HH]. The molecule has 1 saturated heterocycles. The molecular weight excluding hydrogens is 493 g/mol. The number of aromatic amines is 1. The first-order valence-corrected chi connectivity index (χ1v) is 10.5. The molecule has 0 aliphatic carbocycles. The summed E-state index contributed by atoms with van der Waals surface area (Å²) >= 11 is 0. The molecule has 0 unspecified atom stereocenters. The van der Waals surface area contributed by atoms with Crippen molar-refractivity contribution in [3.8, 4) is 11.5 Å². The van der Waals surface area contributed by atoms with Crippen LogP contribution in [-0.2, 0) is 15.5 Å². The van der Waals surface area contributed by atoms with Crippen molar-refractivity contribution in [3.05, 3.63) is 47.8 Å². The van der Waals surface area contributed by atoms with Gasteiger partial charge in [-0.05, 0) is 6.07 Å². The number of pyridine rings is 1. The largest absolute Gasteiger partial charge is 0.450 e. The van der Waals surface area contributed by atoms with Crippen molar-refractivity contribution in [2.45, 2.75) is 12.8 Å². The lowest BCUT2D eigenvalue weighted by molar-refractivity contribution is -0.134. The highest BCUT2D eigenvalue weighted by atomic mass is 19.3. The quantitative estimate of drug-likeness (QED) is 0.411. The molecule has 2 aromatic heterocycles. The van der Waals surface area contributed by atoms with E-state index in [0.717, 1.165) is 18.3 Å². The van der Waals surface area contributed by atoms with Gasteiger partial charge in [-0.2, -0.15) is 0 Å². The van der Waals surface area contributed by atoms with Gasteiger partial charge in [0, 0.05) is 54.5 Å². The molecule has 0 spiro atoms. The lowest BCUT2D eigenvalue weighted by Crippen LogP contribution is -2.46. The van der Waals surface area contributed by atoms with Gasteiger partial charge < -0.3 is 30.0 Å². The van der Waals surface area contributed by atoms with Gasteiger partial charge in [-0.1, -0.05) is 0 Å². The minimum absolute atomic E-state index is 0. The number of ether oxygens (including phenoxy) is 2. The standard InChI is InChI=1S/C22H21F4N5O4.FH.3H2/c1-22(25,26)13-10-28-20-18(13)16(2-3-27-20)35-19-14(23)8-12(9-15(19)24)30-21(33)29-11-17(32)31-4-6-34-7-5-31;;;;/h2-3,8-10H,4-7,11H2,1H3,(H,27,28)(H2,29,30,33);4*1H. The Morgan fingerprint density at radius 3 is 2.56 bits per heavy atom. The highest BCUT2D eigenvalue weighted by molar-refractivity contribution is 5.92. The van der Waals surface area contributed by atoms with E-state index in [1.807, 2.05) is 0 Å². The van der Waals surface area contributed by atoms with Crippen LogP contribution in [0.1, 0.15) is 16.8 Å². The minimum atomic E-state index is -3.26. The summed E-state index contributed by atoms with van der Waals surface area (Å²) in [6.45, 7) is 1.99. The van der Waals surface area contributed by atoms with Crippen LogP contribution in [0.25, 0.3) is 11.0 Å². The monoisotopic (exact) mass is 521 g/mol. The van der Waals surface area contributed by atoms with Crippen LogP contribution < -0.4 is 15.4 Å². The number of halogens is 5. The molecule has 3 amide bonds. The number of nitrogens with one attached hydrogen (secondary N) is 3. The molecule has 0 atom stereocenters. The summed E-state index contributed by atoms with van der Waals surface area (Å²) < 4.78 is 67.8. The average molecular weight is 521 g/mol. The molecule has 0 bridgehead atoms. The summed E-state index contributed by atoms with van der Waals surface area (Å²) in [5.41, 5.74) is -0.634. The molecule has 1 aromatic carbocycles. The lowest BCUT2D eigenvalue weighted by Gasteiger charge is -2.26. The van der Waals surface area contributed by atoms with Gasteiger partial charge in [-0.3, -0.25) is 9.50 Å². The minimum Gasteiger partial charge on any atom is -0.450 e. The van der Waals surface area contributed by atoms with Crippen LogP contribution in [0, 0.1) is 11.6 Å². The Labute approximate surface area is 205 Å². The van der Waals surface area contributed by atoms with Crippen molar-refractivity contribution in [2.75, 3.05) is 38.2 Å². The average Bonchev–Trinajstić information content (AvgIpc) is 3.26. The van der Waals surface area contributed by atoms with Gasteiger partial charge in [0.15, 0.2) is 17.4 Å². The van der Waals surface area contributed by atoms with Gasteiger partial charge in [-0.25, -0.2) is 27.3 Å². The molecule has 3 aromatic rings. The summed E-state index contributed by atoms with van der Waals surface area (Å²) in [4.78, 5) is 32.2. The predicted molar refractivity (Wildman–Crippen MR) is 125 cm³/mol. The smallest absolute Gasteiger partial charge is 0.319 e. The van der Waals surface area contributed by atoms with Crippen molar-refractivity contribution < 1.29 is 45.6 Å². The lowest BCUT2D eigenvalue weighted by atomic mass is 10.1. The van der Waals surface area contributed by atoms with E-state index in [9.17, 15) is 27.2 Å². The fraction of sp³-hybridized carbons (Fsp3) is 0.318. The molecule has 1 fully saturated rings. The normalized spacial score (nSPS) is 13.8. The Kier molecular flexibility index (Phi) is 7.97. The number of urea groups is 1. The Hall–Kier alpha value is -3.94. The van der Waals surface area contributed by atoms with E-state index in [0.29, 0.717) is 33.2 Å². The number of carbonyl (C=O) groups is 2. The third-order valence-electron chi connectivity index (χ3n) is 5.24. The van der Waals surface area contributed by atoms with Gasteiger partial charge in [-0.15, -0.1) is 0 Å². The highest BCUT2D eigenvalue weighted by Gasteiger charge is 2.30. The summed E-state index contributed by atoms with van der Waals surface area (Å²) in [5, 5.41) is 4.43. The van der Waals surface area contributed by atoms with E-state index in [-0.39, 0.29) is 43.9 Å². The first-order valence-electron chi connectivity index (χ1n) is 10.5. The Balaban J connectivity index is 0.00000361. The van der Waals surface area contributed by atoms with Crippen LogP contribution in [0.3, 0.4) is 0 Å². The molecule has 200 valence electrons. The van der Waals surface area contributed by atoms with Crippen molar-refractivity contribution in [1.29, 1.82) is 0 Å². The van der Waals surface area contributed by atoms with E-state index < -0.39 is 34.9 Å². The van der Waals surface area contributed by atoms with Crippen LogP contribution in [0.15, 0.2) is 30.6 Å². The topological polar surface area (TPSA) is 109 Å². The molecule has 3 heterocycles. The number of nitrogens with zero attached hydrogens (tertiary/aromatic N) is 2. The van der Waals surface area contributed by atoms with E-state index in [1.54, 1.807) is 0 Å². The van der Waals surface area contributed by atoms with E-state index in [1.165, 1.54) is 17.2 Å². The van der Waals surface area contributed by atoms with E-state index >= 15 is 0 Å². The van der Waals surface area contributed by atoms with Gasteiger partial charge in [0.1, 0.15) is 11.4 Å². The zero-order valence-electron chi connectivity index (χ0n) is 18.9. The molecule has 36 heavy (non-hydrogen) atoms. The van der Waals surface area contributed by atoms with E-state index in [4.69, 9.17) is 9.47 Å². The van der Waals surface area contributed by atoms with Gasteiger partial charge >= 0.3 is 6.03 Å². The Morgan fingerprint density at radius 2 is 1.92 bits per heavy atom. The number of amides is 3. The molecular formula is C22H28F5N5O4. The van der Waals surface area contributed by atoms with Crippen LogP contribution in [-0.4, -0.2) is 59.7 Å². The molecule has 9 nitrogen and oxygen atoms in total. The fourth-order valence-corrected chi connectivity index (χ4v) is 3.55. The predicted octanol–water partition coefficient (Wildman–Crippen LogP) is 4.62. The molecule has 4 rings (SSSR count). The number of hydrogen-bond acceptors (Lipinski definition) is 5. The number of fused-ring (bicyclic) bond motifs is 1. The van der Waals surface area contributed by atoms with Crippen molar-refractivity contribution in [2.24, 2.45) is 0 Å². The summed E-state index contributed by atoms with van der Waals surface area (Å²) in [5.74, 6) is -7.04. The third kappa shape index (κ3) is 5.82. The molecule has 1 aliphatic heterocycles. The number of alkyl halides is 2. The second-order valence-corrected chi connectivity index (χ2v) is 7.80. The maximum absolute atomic E-state index is 14.7. The van der Waals surface area contributed by atoms with Gasteiger partial charge in [0.2, 0.25) is 5.91 Å². The number of morpholine rings is 1. The summed E-state index contributed by atoms with van der Waals surface area (Å²) in [6.07, 6.45) is 2.28. The first kappa shape index (κ1) is 26.7. The van der Waals surface area contributed by atoms with E-state index in [2.05, 4.69) is 20.6 Å². The number of hydrogen-bond donors (Lipinski definition) is 3. The maximum atomic E-state index is 14.7. The zero-order chi connectivity index (χ0) is 25.2. The van der Waals surface area contributed by atoms with Crippen molar-refractivity contribution in [3.63, 3.8) is 0 Å². The number of carbonyl (C=O) groups excluding carboxylic acids is 2. The fourth-order valence-electron chi connectivity index (χ4n) is 3.55. The molecule has 14 heteroatoms. The van der Waals surface area contributed by atoms with Crippen molar-refractivity contribution in [1.82, 2.24) is 20.2 Å². The highest BCUT2D eigenvalue weighted by Crippen LogP contribution is 2.40. The number of anilines is 1. The first-order chi connectivity index (χ1) is 16.6. The number of benzene rings is 1. The van der Waals surface area contributed by atoms with Crippen LogP contribution in [0.4, 0.5) is 32.7 Å². The second kappa shape index (κ2) is 10.8. The number of H-pyrrole nitrogens is 1. The second-order valence-electron chi connectivity index (χ2n) is 7.80.